The zero-order valence-electron chi connectivity index (χ0n) is 23.2. The lowest BCUT2D eigenvalue weighted by Crippen LogP contribution is -2.57. The van der Waals surface area contributed by atoms with Crippen LogP contribution in [0.1, 0.15) is 75.3 Å². The van der Waals surface area contributed by atoms with E-state index in [0.717, 1.165) is 25.0 Å². The summed E-state index contributed by atoms with van der Waals surface area (Å²) >= 11 is 6.23. The van der Waals surface area contributed by atoms with E-state index in [9.17, 15) is 43.4 Å². The summed E-state index contributed by atoms with van der Waals surface area (Å²) in [5, 5.41) is 21.4. The molecule has 12 nitrogen and oxygen atoms in total. The van der Waals surface area contributed by atoms with Crippen LogP contribution in [0.5, 0.6) is 0 Å². The summed E-state index contributed by atoms with van der Waals surface area (Å²) in [6.45, 7) is 0.805. The molecule has 4 aliphatic carbocycles. The van der Waals surface area contributed by atoms with Gasteiger partial charge in [0.15, 0.2) is 17.4 Å². The minimum Gasteiger partial charge on any atom is -0.477 e. The number of carboxylic acid groups (broad SMARTS) is 2. The molecule has 228 valence electrons. The van der Waals surface area contributed by atoms with Crippen molar-refractivity contribution in [3.8, 4) is 0 Å². The Bertz CT molecular complexity index is 2000. The lowest BCUT2D eigenvalue weighted by atomic mass is 9.95. The third kappa shape index (κ3) is 4.32. The molecule has 1 saturated heterocycles. The minimum atomic E-state index is -1.43. The fourth-order valence-corrected chi connectivity index (χ4v) is 6.74. The molecule has 0 bridgehead atoms. The fourth-order valence-electron chi connectivity index (χ4n) is 6.56. The van der Waals surface area contributed by atoms with Gasteiger partial charge in [0, 0.05) is 30.6 Å². The smallest absolute Gasteiger partial charge is 0.343 e. The molecule has 1 unspecified atom stereocenters. The van der Waals surface area contributed by atoms with Gasteiger partial charge < -0.3 is 24.7 Å². The van der Waals surface area contributed by atoms with Gasteiger partial charge in [-0.25, -0.2) is 14.0 Å². The number of anilines is 1. The Morgan fingerprint density at radius 1 is 0.886 bits per heavy atom. The number of halogens is 2. The molecular weight excluding hydrogens is 599 g/mol. The van der Waals surface area contributed by atoms with Gasteiger partial charge in [-0.2, -0.15) is 0 Å². The highest BCUT2D eigenvalue weighted by Crippen LogP contribution is 2.43. The van der Waals surface area contributed by atoms with Gasteiger partial charge in [-0.05, 0) is 43.9 Å². The summed E-state index contributed by atoms with van der Waals surface area (Å²) in [6.07, 6.45) is 5.80. The molecule has 44 heavy (non-hydrogen) atoms. The molecule has 2 N–H and O–H groups in total. The van der Waals surface area contributed by atoms with Gasteiger partial charge >= 0.3 is 11.9 Å². The maximum atomic E-state index is 14.4. The van der Waals surface area contributed by atoms with Crippen molar-refractivity contribution in [2.75, 3.05) is 36.1 Å². The second-order valence-corrected chi connectivity index (χ2v) is 12.2. The first-order valence-corrected chi connectivity index (χ1v) is 14.8. The number of aromatic nitrogens is 2. The third-order valence-corrected chi connectivity index (χ3v) is 9.19. The number of aromatic carboxylic acids is 2. The molecule has 7 rings (SSSR count). The van der Waals surface area contributed by atoms with E-state index in [1.807, 2.05) is 0 Å². The Morgan fingerprint density at radius 3 is 2.14 bits per heavy atom. The van der Waals surface area contributed by atoms with Crippen LogP contribution >= 0.6 is 11.6 Å². The SMILES string of the molecule is O=C1Cc2c(c(=O)c(C(=O)O)c(C3CC3)n2N2CCN(c3c(C(=O)O)c(=O)c4c(n3C3CC3)=CC(Cl)C(=O)C=4)CC2)C=C1F. The van der Waals surface area contributed by atoms with Gasteiger partial charge in [-0.1, -0.05) is 0 Å². The molecule has 0 spiro atoms. The van der Waals surface area contributed by atoms with E-state index < -0.39 is 63.1 Å². The first-order chi connectivity index (χ1) is 21.0. The number of nitrogens with zero attached hydrogens (tertiary/aromatic N) is 4. The van der Waals surface area contributed by atoms with Gasteiger partial charge in [-0.15, -0.1) is 11.6 Å². The maximum Gasteiger partial charge on any atom is 0.343 e. The van der Waals surface area contributed by atoms with Gasteiger partial charge in [0.05, 0.1) is 41.5 Å². The third-order valence-electron chi connectivity index (χ3n) is 8.85. The normalized spacial score (nSPS) is 21.2. The standard InChI is InChI=1S/C30H26ClFN4O8/c31-17-11-19-16(10-21(17)37)27(40)24(30(43)44)28(35(19)14-3-4-14)33-5-7-34(8-6-33)36-20-12-22(38)18(32)9-15(20)26(39)23(29(41)42)25(36)13-1-2-13/h9-11,13-14,17H,1-8,12H2,(H,41,42)(H,43,44). The van der Waals surface area contributed by atoms with Crippen molar-refractivity contribution in [2.24, 2.45) is 0 Å². The largest absolute Gasteiger partial charge is 0.477 e. The summed E-state index contributed by atoms with van der Waals surface area (Å²) in [5.74, 6) is -5.30. The van der Waals surface area contributed by atoms with Gasteiger partial charge in [0.1, 0.15) is 22.3 Å². The number of hydrogen-bond donors (Lipinski definition) is 2. The van der Waals surface area contributed by atoms with E-state index in [1.165, 1.54) is 6.08 Å². The Labute approximate surface area is 252 Å². The van der Waals surface area contributed by atoms with Crippen molar-refractivity contribution >= 4 is 59.2 Å². The van der Waals surface area contributed by atoms with E-state index in [2.05, 4.69) is 0 Å². The van der Waals surface area contributed by atoms with Crippen molar-refractivity contribution in [1.82, 2.24) is 9.24 Å². The second-order valence-electron chi connectivity index (χ2n) is 11.7. The molecule has 3 fully saturated rings. The molecule has 0 aromatic carbocycles. The summed E-state index contributed by atoms with van der Waals surface area (Å²) in [7, 11) is 0. The number of piperazine rings is 1. The van der Waals surface area contributed by atoms with Crippen LogP contribution in [0.2, 0.25) is 0 Å². The molecule has 2 aromatic rings. The number of carbonyl (C=O) groups excluding carboxylic acids is 2. The summed E-state index contributed by atoms with van der Waals surface area (Å²) in [6, 6.07) is -0.0875. The Morgan fingerprint density at radius 2 is 1.55 bits per heavy atom. The van der Waals surface area contributed by atoms with Crippen LogP contribution in [0.3, 0.4) is 0 Å². The number of carboxylic acids is 2. The molecule has 5 aliphatic rings. The van der Waals surface area contributed by atoms with E-state index >= 15 is 0 Å². The van der Waals surface area contributed by atoms with Gasteiger partial charge in [0.2, 0.25) is 10.9 Å². The van der Waals surface area contributed by atoms with Crippen molar-refractivity contribution in [1.29, 1.82) is 0 Å². The molecule has 0 amide bonds. The molecule has 1 atom stereocenters. The van der Waals surface area contributed by atoms with Crippen LogP contribution in [-0.2, 0) is 16.0 Å². The summed E-state index contributed by atoms with van der Waals surface area (Å²) in [5.41, 5.74) is -2.18. The average molecular weight is 625 g/mol. The highest BCUT2D eigenvalue weighted by Gasteiger charge is 2.40. The van der Waals surface area contributed by atoms with Crippen LogP contribution in [0.15, 0.2) is 15.4 Å². The number of pyridine rings is 2. The first-order valence-electron chi connectivity index (χ1n) is 14.4. The molecule has 2 aromatic heterocycles. The number of Topliss-reactive ketones (excluding diaryl/α,β-unsaturated/α-hetero) is 2. The van der Waals surface area contributed by atoms with Crippen LogP contribution in [0, 0.1) is 0 Å². The summed E-state index contributed by atoms with van der Waals surface area (Å²) < 4.78 is 17.7. The lowest BCUT2D eigenvalue weighted by molar-refractivity contribution is -0.116. The predicted octanol–water partition coefficient (Wildman–Crippen LogP) is 0.264. The second kappa shape index (κ2) is 10.0. The van der Waals surface area contributed by atoms with E-state index in [4.69, 9.17) is 11.6 Å². The fraction of sp³-hybridized carbons (Fsp3) is 0.400. The Kier molecular flexibility index (Phi) is 6.43. The van der Waals surface area contributed by atoms with Crippen LogP contribution < -0.4 is 31.3 Å². The number of allylic oxidation sites excluding steroid dienone is 1. The number of rotatable bonds is 6. The van der Waals surface area contributed by atoms with E-state index in [-0.39, 0.29) is 66.1 Å². The van der Waals surface area contributed by atoms with Crippen molar-refractivity contribution in [2.45, 2.75) is 49.4 Å². The first kappa shape index (κ1) is 28.3. The summed E-state index contributed by atoms with van der Waals surface area (Å²) in [4.78, 5) is 78.2. The quantitative estimate of drug-likeness (QED) is 0.427. The number of ketones is 2. The van der Waals surface area contributed by atoms with Gasteiger partial charge in [-0.3, -0.25) is 23.9 Å². The monoisotopic (exact) mass is 624 g/mol. The Balaban J connectivity index is 1.35. The molecular formula is C30H26ClFN4O8. The molecule has 0 radical (unpaired) electrons. The number of fused-ring (bicyclic) bond motifs is 2. The van der Waals surface area contributed by atoms with Gasteiger partial charge in [0.25, 0.3) is 0 Å². The van der Waals surface area contributed by atoms with Crippen LogP contribution in [0.25, 0.3) is 18.2 Å². The number of carbonyl (C=O) groups is 4. The minimum absolute atomic E-state index is 0.00120. The van der Waals surface area contributed by atoms with Crippen LogP contribution in [0.4, 0.5) is 10.2 Å². The van der Waals surface area contributed by atoms with Crippen molar-refractivity contribution < 1.29 is 33.8 Å². The number of alkyl halides is 1. The molecule has 14 heteroatoms. The topological polar surface area (TPSA) is 159 Å². The van der Waals surface area contributed by atoms with E-state index in [1.54, 1.807) is 19.2 Å². The lowest BCUT2D eigenvalue weighted by Gasteiger charge is -2.42. The predicted molar refractivity (Wildman–Crippen MR) is 156 cm³/mol. The zero-order chi connectivity index (χ0) is 31.2. The van der Waals surface area contributed by atoms with E-state index in [0.29, 0.717) is 18.2 Å². The zero-order valence-corrected chi connectivity index (χ0v) is 24.0. The Hall–Kier alpha value is -4.52. The molecule has 3 heterocycles. The van der Waals surface area contributed by atoms with Crippen LogP contribution in [-0.4, -0.2) is 74.5 Å². The van der Waals surface area contributed by atoms with Crippen molar-refractivity contribution in [3.05, 3.63) is 64.9 Å². The van der Waals surface area contributed by atoms with Crippen molar-refractivity contribution in [3.63, 3.8) is 0 Å². The molecule has 1 aliphatic heterocycles. The number of hydrogen-bond acceptors (Lipinski definition) is 8. The average Bonchev–Trinajstić information content (AvgIpc) is 3.89. The highest BCUT2D eigenvalue weighted by molar-refractivity contribution is 6.40. The highest BCUT2D eigenvalue weighted by atomic mass is 35.5. The molecule has 2 saturated carbocycles. The maximum absolute atomic E-state index is 14.4.